The van der Waals surface area contributed by atoms with Crippen LogP contribution in [0.4, 0.5) is 0 Å². The van der Waals surface area contributed by atoms with E-state index in [-0.39, 0.29) is 0 Å². The average molecular weight is 362 g/mol. The zero-order valence-electron chi connectivity index (χ0n) is 16.6. The van der Waals surface area contributed by atoms with Gasteiger partial charge in [-0.2, -0.15) is 0 Å². The van der Waals surface area contributed by atoms with Crippen molar-refractivity contribution >= 4 is 5.96 Å². The predicted octanol–water partition coefficient (Wildman–Crippen LogP) is 3.49. The first-order chi connectivity index (χ1) is 12.7. The zero-order valence-corrected chi connectivity index (χ0v) is 16.6. The Kier molecular flexibility index (Phi) is 8.92. The second-order valence-electron chi connectivity index (χ2n) is 7.05. The smallest absolute Gasteiger partial charge is 0.191 e. The summed E-state index contributed by atoms with van der Waals surface area (Å²) in [5.74, 6) is 0.891. The van der Waals surface area contributed by atoms with Crippen molar-refractivity contribution in [3.05, 3.63) is 35.4 Å². The lowest BCUT2D eigenvalue weighted by Gasteiger charge is -2.42. The SMILES string of the molecule is CCNC(=NCc1ccccc1COCC)NCC1(CCOC)CCC1. The molecule has 2 rings (SSSR count). The van der Waals surface area contributed by atoms with Crippen molar-refractivity contribution in [2.45, 2.75) is 52.7 Å². The first kappa shape index (κ1) is 20.7. The summed E-state index contributed by atoms with van der Waals surface area (Å²) in [5.41, 5.74) is 2.81. The van der Waals surface area contributed by atoms with Crippen molar-refractivity contribution in [2.24, 2.45) is 10.4 Å². The molecule has 0 atom stereocenters. The fourth-order valence-electron chi connectivity index (χ4n) is 3.35. The lowest BCUT2D eigenvalue weighted by atomic mass is 9.67. The number of nitrogens with zero attached hydrogens (tertiary/aromatic N) is 1. The second-order valence-corrected chi connectivity index (χ2v) is 7.05. The van der Waals surface area contributed by atoms with E-state index in [0.29, 0.717) is 18.6 Å². The molecule has 0 aliphatic heterocycles. The molecule has 0 saturated heterocycles. The van der Waals surface area contributed by atoms with Gasteiger partial charge in [0, 0.05) is 33.4 Å². The van der Waals surface area contributed by atoms with Crippen LogP contribution in [0, 0.1) is 5.41 Å². The van der Waals surface area contributed by atoms with Crippen molar-refractivity contribution in [1.29, 1.82) is 0 Å². The molecule has 0 heterocycles. The Labute approximate surface area is 158 Å². The summed E-state index contributed by atoms with van der Waals surface area (Å²) in [4.78, 5) is 4.80. The molecule has 5 heteroatoms. The molecule has 1 aromatic rings. The summed E-state index contributed by atoms with van der Waals surface area (Å²) in [6.07, 6.45) is 5.00. The van der Waals surface area contributed by atoms with E-state index in [2.05, 4.69) is 41.8 Å². The van der Waals surface area contributed by atoms with E-state index < -0.39 is 0 Å². The third kappa shape index (κ3) is 6.29. The number of aliphatic imine (C=N–C) groups is 1. The minimum absolute atomic E-state index is 0.374. The van der Waals surface area contributed by atoms with E-state index in [0.717, 1.165) is 38.7 Å². The summed E-state index contributed by atoms with van der Waals surface area (Å²) >= 11 is 0. The monoisotopic (exact) mass is 361 g/mol. The van der Waals surface area contributed by atoms with Crippen molar-refractivity contribution in [3.63, 3.8) is 0 Å². The average Bonchev–Trinajstić information content (AvgIpc) is 2.63. The van der Waals surface area contributed by atoms with E-state index in [1.807, 2.05) is 6.92 Å². The summed E-state index contributed by atoms with van der Waals surface area (Å²) in [7, 11) is 1.78. The van der Waals surface area contributed by atoms with Gasteiger partial charge in [-0.25, -0.2) is 4.99 Å². The highest BCUT2D eigenvalue weighted by atomic mass is 16.5. The Morgan fingerprint density at radius 1 is 1.15 bits per heavy atom. The molecule has 1 aromatic carbocycles. The van der Waals surface area contributed by atoms with Crippen molar-refractivity contribution in [3.8, 4) is 0 Å². The maximum Gasteiger partial charge on any atom is 0.191 e. The molecular weight excluding hydrogens is 326 g/mol. The molecule has 1 aliphatic rings. The van der Waals surface area contributed by atoms with Gasteiger partial charge >= 0.3 is 0 Å². The van der Waals surface area contributed by atoms with Crippen LogP contribution in [0.15, 0.2) is 29.3 Å². The first-order valence-electron chi connectivity index (χ1n) is 9.88. The molecule has 5 nitrogen and oxygen atoms in total. The summed E-state index contributed by atoms with van der Waals surface area (Å²) < 4.78 is 10.9. The number of hydrogen-bond donors (Lipinski definition) is 2. The standard InChI is InChI=1S/C21H35N3O2/c1-4-22-20(24-17-21(11-8-12-21)13-14-25-3)23-15-18-9-6-7-10-19(18)16-26-5-2/h6-7,9-10H,4-5,8,11-17H2,1-3H3,(H2,22,23,24). The van der Waals surface area contributed by atoms with Crippen LogP contribution < -0.4 is 10.6 Å². The molecule has 1 saturated carbocycles. The first-order valence-corrected chi connectivity index (χ1v) is 9.88. The minimum atomic E-state index is 0.374. The number of guanidine groups is 1. The molecule has 1 fully saturated rings. The number of nitrogens with one attached hydrogen (secondary N) is 2. The van der Waals surface area contributed by atoms with Gasteiger partial charge in [0.15, 0.2) is 5.96 Å². The third-order valence-corrected chi connectivity index (χ3v) is 5.21. The van der Waals surface area contributed by atoms with E-state index in [1.54, 1.807) is 7.11 Å². The summed E-state index contributed by atoms with van der Waals surface area (Å²) in [6.45, 7) is 8.81. The van der Waals surface area contributed by atoms with Crippen molar-refractivity contribution in [2.75, 3.05) is 33.4 Å². The fourth-order valence-corrected chi connectivity index (χ4v) is 3.35. The Morgan fingerprint density at radius 2 is 1.92 bits per heavy atom. The van der Waals surface area contributed by atoms with Gasteiger partial charge in [0.2, 0.25) is 0 Å². The van der Waals surface area contributed by atoms with Crippen molar-refractivity contribution < 1.29 is 9.47 Å². The highest BCUT2D eigenvalue weighted by molar-refractivity contribution is 5.79. The van der Waals surface area contributed by atoms with E-state index >= 15 is 0 Å². The number of benzene rings is 1. The second kappa shape index (κ2) is 11.2. The zero-order chi connectivity index (χ0) is 18.7. The van der Waals surface area contributed by atoms with Gasteiger partial charge in [0.05, 0.1) is 13.2 Å². The summed E-state index contributed by atoms with van der Waals surface area (Å²) in [6, 6.07) is 8.37. The quantitative estimate of drug-likeness (QED) is 0.468. The molecule has 0 spiro atoms. The minimum Gasteiger partial charge on any atom is -0.385 e. The molecule has 2 N–H and O–H groups in total. The van der Waals surface area contributed by atoms with Crippen LogP contribution in [0.1, 0.15) is 50.7 Å². The van der Waals surface area contributed by atoms with Crippen LogP contribution >= 0.6 is 0 Å². The van der Waals surface area contributed by atoms with E-state index in [1.165, 1.54) is 30.4 Å². The summed E-state index contributed by atoms with van der Waals surface area (Å²) in [5, 5.41) is 6.93. The van der Waals surface area contributed by atoms with Crippen LogP contribution in [0.5, 0.6) is 0 Å². The highest BCUT2D eigenvalue weighted by Crippen LogP contribution is 2.43. The molecule has 146 valence electrons. The molecule has 0 bridgehead atoms. The van der Waals surface area contributed by atoms with Gasteiger partial charge in [-0.15, -0.1) is 0 Å². The van der Waals surface area contributed by atoms with Gasteiger partial charge in [-0.05, 0) is 49.7 Å². The molecule has 0 radical (unpaired) electrons. The van der Waals surface area contributed by atoms with Crippen molar-refractivity contribution in [1.82, 2.24) is 10.6 Å². The third-order valence-electron chi connectivity index (χ3n) is 5.21. The van der Waals surface area contributed by atoms with Crippen LogP contribution in [0.25, 0.3) is 0 Å². The van der Waals surface area contributed by atoms with E-state index in [4.69, 9.17) is 14.5 Å². The number of rotatable bonds is 11. The Morgan fingerprint density at radius 3 is 2.54 bits per heavy atom. The number of methoxy groups -OCH3 is 1. The molecule has 0 aromatic heterocycles. The molecule has 26 heavy (non-hydrogen) atoms. The maximum absolute atomic E-state index is 5.57. The Balaban J connectivity index is 1.96. The normalized spacial score (nSPS) is 16.2. The van der Waals surface area contributed by atoms with Gasteiger partial charge in [-0.1, -0.05) is 30.7 Å². The molecule has 0 unspecified atom stereocenters. The fraction of sp³-hybridized carbons (Fsp3) is 0.667. The van der Waals surface area contributed by atoms with Gasteiger partial charge in [-0.3, -0.25) is 0 Å². The van der Waals surface area contributed by atoms with Crippen LogP contribution in [-0.2, 0) is 22.6 Å². The number of hydrogen-bond acceptors (Lipinski definition) is 3. The van der Waals surface area contributed by atoms with Crippen LogP contribution in [-0.4, -0.2) is 39.4 Å². The van der Waals surface area contributed by atoms with Gasteiger partial charge < -0.3 is 20.1 Å². The number of ether oxygens (including phenoxy) is 2. The Bertz CT molecular complexity index is 556. The topological polar surface area (TPSA) is 54.9 Å². The maximum atomic E-state index is 5.57. The molecule has 1 aliphatic carbocycles. The largest absolute Gasteiger partial charge is 0.385 e. The van der Waals surface area contributed by atoms with Gasteiger partial charge in [0.25, 0.3) is 0 Å². The molecular formula is C21H35N3O2. The van der Waals surface area contributed by atoms with Crippen LogP contribution in [0.3, 0.4) is 0 Å². The lowest BCUT2D eigenvalue weighted by molar-refractivity contribution is 0.0732. The van der Waals surface area contributed by atoms with Gasteiger partial charge in [0.1, 0.15) is 0 Å². The van der Waals surface area contributed by atoms with E-state index in [9.17, 15) is 0 Å². The highest BCUT2D eigenvalue weighted by Gasteiger charge is 2.36. The van der Waals surface area contributed by atoms with Crippen LogP contribution in [0.2, 0.25) is 0 Å². The lowest BCUT2D eigenvalue weighted by Crippen LogP contribution is -2.47. The predicted molar refractivity (Wildman–Crippen MR) is 107 cm³/mol. The Hall–Kier alpha value is -1.59. The molecule has 0 amide bonds.